The zero-order chi connectivity index (χ0) is 30.8. The predicted octanol–water partition coefficient (Wildman–Crippen LogP) is 7.92. The van der Waals surface area contributed by atoms with Crippen molar-refractivity contribution in [3.8, 4) is 23.3 Å². The summed E-state index contributed by atoms with van der Waals surface area (Å²) in [5.41, 5.74) is 1.39. The lowest BCUT2D eigenvalue weighted by Crippen LogP contribution is -2.38. The molecule has 0 aliphatic carbocycles. The summed E-state index contributed by atoms with van der Waals surface area (Å²) in [5.74, 6) is 1.03. The molecule has 0 amide bonds. The van der Waals surface area contributed by atoms with Gasteiger partial charge in [-0.15, -0.1) is 26.3 Å². The van der Waals surface area contributed by atoms with Crippen molar-refractivity contribution in [1.82, 2.24) is 9.55 Å². The van der Waals surface area contributed by atoms with Gasteiger partial charge in [-0.3, -0.25) is 4.57 Å². The molecule has 0 unspecified atom stereocenters. The number of benzene rings is 2. The van der Waals surface area contributed by atoms with E-state index in [1.807, 2.05) is 42.0 Å². The van der Waals surface area contributed by atoms with E-state index in [4.69, 9.17) is 14.2 Å². The first kappa shape index (κ1) is 32.4. The minimum absolute atomic E-state index is 0.00219. The number of hydrogen-bond acceptors (Lipinski definition) is 6. The second kappa shape index (κ2) is 14.7. The highest BCUT2D eigenvalue weighted by molar-refractivity contribution is 5.49. The topological polar surface area (TPSA) is 58.0 Å². The molecule has 2 aliphatic heterocycles. The van der Waals surface area contributed by atoms with E-state index < -0.39 is 12.0 Å². The first-order chi connectivity index (χ1) is 20.1. The maximum Gasteiger partial charge on any atom is 0.573 e. The Hall–Kier alpha value is -4.08. The molecule has 1 atom stereocenters. The number of aromatic nitrogens is 2. The first-order valence-corrected chi connectivity index (χ1v) is 14.0. The van der Waals surface area contributed by atoms with Gasteiger partial charge in [0.25, 0.3) is 6.01 Å². The molecule has 3 aromatic rings. The summed E-state index contributed by atoms with van der Waals surface area (Å²) in [6.45, 7) is 18.7. The molecule has 1 fully saturated rings. The zero-order valence-corrected chi connectivity index (χ0v) is 24.5. The van der Waals surface area contributed by atoms with E-state index in [0.29, 0.717) is 24.9 Å². The maximum atomic E-state index is 12.3. The summed E-state index contributed by atoms with van der Waals surface area (Å²) in [5, 5.41) is 0. The monoisotopic (exact) mass is 587 g/mol. The lowest BCUT2D eigenvalue weighted by atomic mass is 10.1. The molecule has 0 N–H and O–H groups in total. The van der Waals surface area contributed by atoms with Gasteiger partial charge in [0.1, 0.15) is 30.0 Å². The smallest absolute Gasteiger partial charge is 0.490 e. The SMILES string of the molecule is C=C.C=Cc1cn2c(n1)O[C@@](C)(COc1ccc(N3CCC(Oc4ccc(OC(F)(F)F)cc4)CC3)cc1)C2.CCC. The van der Waals surface area contributed by atoms with Crippen molar-refractivity contribution in [3.63, 3.8) is 0 Å². The van der Waals surface area contributed by atoms with E-state index >= 15 is 0 Å². The van der Waals surface area contributed by atoms with Gasteiger partial charge in [-0.05, 0) is 61.5 Å². The predicted molar refractivity (Wildman–Crippen MR) is 159 cm³/mol. The van der Waals surface area contributed by atoms with Crippen molar-refractivity contribution in [3.05, 3.63) is 80.2 Å². The summed E-state index contributed by atoms with van der Waals surface area (Å²) in [6, 6.07) is 14.1. The molecule has 2 aromatic carbocycles. The van der Waals surface area contributed by atoms with Crippen LogP contribution in [-0.2, 0) is 6.54 Å². The number of imidazole rings is 1. The fourth-order valence-electron chi connectivity index (χ4n) is 4.53. The Morgan fingerprint density at radius 2 is 1.57 bits per heavy atom. The Balaban J connectivity index is 0.000000910. The van der Waals surface area contributed by atoms with Crippen LogP contribution in [0.2, 0.25) is 0 Å². The van der Waals surface area contributed by atoms with E-state index in [0.717, 1.165) is 43.1 Å². The van der Waals surface area contributed by atoms with Crippen LogP contribution in [0.4, 0.5) is 18.9 Å². The number of piperidine rings is 1. The minimum Gasteiger partial charge on any atom is -0.490 e. The quantitative estimate of drug-likeness (QED) is 0.250. The standard InChI is InChI=1S/C27H28F3N3O4.C3H8.C2H4/c1-3-19-16-33-17-26(2,37-25(33)31-19)18-34-21-6-4-20(5-7-21)32-14-12-23(13-15-32)35-22-8-10-24(11-9-22)36-27(28,29)30;1-3-2;1-2/h3-11,16,23H,1,12-15,17-18H2,2H3;3H2,1-2H3;1-2H2/t26-;;/m1../s1. The van der Waals surface area contributed by atoms with Gasteiger partial charge in [-0.2, -0.15) is 4.98 Å². The third kappa shape index (κ3) is 9.22. The Kier molecular flexibility index (Phi) is 11.4. The number of anilines is 1. The number of nitrogens with zero attached hydrogens (tertiary/aromatic N) is 3. The van der Waals surface area contributed by atoms with E-state index in [1.165, 1.54) is 30.7 Å². The number of alkyl halides is 3. The van der Waals surface area contributed by atoms with Crippen LogP contribution in [0, 0.1) is 0 Å². The Morgan fingerprint density at radius 3 is 2.12 bits per heavy atom. The molecule has 3 heterocycles. The van der Waals surface area contributed by atoms with Gasteiger partial charge < -0.3 is 23.8 Å². The summed E-state index contributed by atoms with van der Waals surface area (Å²) < 4.78 is 60.8. The van der Waals surface area contributed by atoms with Gasteiger partial charge in [-0.1, -0.05) is 26.8 Å². The first-order valence-electron chi connectivity index (χ1n) is 14.0. The van der Waals surface area contributed by atoms with Gasteiger partial charge in [0.2, 0.25) is 0 Å². The fraction of sp³-hybridized carbons (Fsp3) is 0.406. The van der Waals surface area contributed by atoms with Gasteiger partial charge >= 0.3 is 6.36 Å². The average Bonchev–Trinajstić information content (AvgIpc) is 3.49. The third-order valence-corrected chi connectivity index (χ3v) is 6.36. The van der Waals surface area contributed by atoms with Crippen LogP contribution in [0.3, 0.4) is 0 Å². The van der Waals surface area contributed by atoms with E-state index in [1.54, 1.807) is 6.08 Å². The number of halogens is 3. The van der Waals surface area contributed by atoms with Crippen molar-refractivity contribution < 1.29 is 32.1 Å². The molecule has 1 aromatic heterocycles. The van der Waals surface area contributed by atoms with E-state index in [9.17, 15) is 13.2 Å². The van der Waals surface area contributed by atoms with Crippen molar-refractivity contribution in [1.29, 1.82) is 0 Å². The van der Waals surface area contributed by atoms with Crippen molar-refractivity contribution in [2.75, 3.05) is 24.6 Å². The molecule has 1 saturated heterocycles. The molecular weight excluding hydrogens is 547 g/mol. The molecule has 42 heavy (non-hydrogen) atoms. The fourth-order valence-corrected chi connectivity index (χ4v) is 4.53. The Bertz CT molecular complexity index is 1230. The van der Waals surface area contributed by atoms with Crippen LogP contribution in [-0.4, -0.2) is 47.3 Å². The van der Waals surface area contributed by atoms with Crippen LogP contribution < -0.4 is 23.8 Å². The van der Waals surface area contributed by atoms with Crippen LogP contribution in [0.15, 0.2) is 74.5 Å². The number of fused-ring (bicyclic) bond motifs is 1. The molecule has 5 rings (SSSR count). The molecule has 10 heteroatoms. The molecule has 228 valence electrons. The van der Waals surface area contributed by atoms with Crippen molar-refractivity contribution in [2.24, 2.45) is 0 Å². The zero-order valence-electron chi connectivity index (χ0n) is 24.5. The molecular formula is C32H40F3N3O4. The second-order valence-corrected chi connectivity index (χ2v) is 10.1. The van der Waals surface area contributed by atoms with E-state index in [2.05, 4.69) is 48.2 Å². The van der Waals surface area contributed by atoms with Gasteiger partial charge in [-0.25, -0.2) is 0 Å². The highest BCUT2D eigenvalue weighted by Gasteiger charge is 2.37. The van der Waals surface area contributed by atoms with Gasteiger partial charge in [0.15, 0.2) is 5.60 Å². The highest BCUT2D eigenvalue weighted by atomic mass is 19.4. The molecule has 0 saturated carbocycles. The molecule has 2 aliphatic rings. The van der Waals surface area contributed by atoms with Crippen molar-refractivity contribution in [2.45, 2.75) is 64.6 Å². The molecule has 0 spiro atoms. The Labute approximate surface area is 246 Å². The average molecular weight is 588 g/mol. The lowest BCUT2D eigenvalue weighted by molar-refractivity contribution is -0.274. The molecule has 7 nitrogen and oxygen atoms in total. The second-order valence-electron chi connectivity index (χ2n) is 10.1. The summed E-state index contributed by atoms with van der Waals surface area (Å²) in [7, 11) is 0. The van der Waals surface area contributed by atoms with Gasteiger partial charge in [0.05, 0.1) is 12.2 Å². The largest absolute Gasteiger partial charge is 0.573 e. The Morgan fingerprint density at radius 1 is 1.00 bits per heavy atom. The minimum atomic E-state index is -4.71. The van der Waals surface area contributed by atoms with Crippen LogP contribution in [0.25, 0.3) is 6.08 Å². The molecule has 0 radical (unpaired) electrons. The highest BCUT2D eigenvalue weighted by Crippen LogP contribution is 2.31. The van der Waals surface area contributed by atoms with Crippen molar-refractivity contribution >= 4 is 11.8 Å². The van der Waals surface area contributed by atoms with Crippen LogP contribution in [0.5, 0.6) is 23.3 Å². The lowest BCUT2D eigenvalue weighted by Gasteiger charge is -2.33. The van der Waals surface area contributed by atoms with Gasteiger partial charge in [0, 0.05) is 37.8 Å². The number of hydrogen-bond donors (Lipinski definition) is 0. The van der Waals surface area contributed by atoms with Crippen LogP contribution in [0.1, 0.15) is 45.7 Å². The third-order valence-electron chi connectivity index (χ3n) is 6.36. The summed E-state index contributed by atoms with van der Waals surface area (Å²) >= 11 is 0. The maximum absolute atomic E-state index is 12.3. The summed E-state index contributed by atoms with van der Waals surface area (Å²) in [4.78, 5) is 6.66. The normalized spacial score (nSPS) is 17.9. The van der Waals surface area contributed by atoms with Crippen LogP contribution >= 0.6 is 0 Å². The number of rotatable bonds is 8. The summed E-state index contributed by atoms with van der Waals surface area (Å²) in [6.07, 6.45) is 1.76. The van der Waals surface area contributed by atoms with E-state index in [-0.39, 0.29) is 11.9 Å². The molecule has 0 bridgehead atoms. The number of ether oxygens (including phenoxy) is 4.